The summed E-state index contributed by atoms with van der Waals surface area (Å²) in [5.41, 5.74) is 0.903. The van der Waals surface area contributed by atoms with Gasteiger partial charge in [0.1, 0.15) is 12.2 Å². The van der Waals surface area contributed by atoms with Crippen molar-refractivity contribution < 1.29 is 18.7 Å². The fourth-order valence-corrected chi connectivity index (χ4v) is 3.40. The molecule has 168 valence electrons. The summed E-state index contributed by atoms with van der Waals surface area (Å²) in [4.78, 5) is 39.1. The second-order valence-corrected chi connectivity index (χ2v) is 8.17. The first-order valence-corrected chi connectivity index (χ1v) is 10.6. The third-order valence-electron chi connectivity index (χ3n) is 4.99. The number of amides is 1. The van der Waals surface area contributed by atoms with E-state index in [-0.39, 0.29) is 42.9 Å². The molecule has 0 radical (unpaired) electrons. The van der Waals surface area contributed by atoms with Crippen molar-refractivity contribution >= 4 is 11.9 Å². The number of nitrogens with zero attached hydrogens (tertiary/aromatic N) is 3. The molecule has 0 saturated carbocycles. The number of carbonyl (C=O) groups is 2. The molecule has 1 aromatic heterocycles. The van der Waals surface area contributed by atoms with E-state index in [0.717, 1.165) is 0 Å². The molecule has 2 heterocycles. The lowest BCUT2D eigenvalue weighted by molar-refractivity contribution is -0.143. The number of esters is 1. The molecule has 8 nitrogen and oxygen atoms in total. The molecule has 2 rings (SSSR count). The standard InChI is InChI=1S/C21H33FN4O4/c1-5-30-19(27)6-8-23-20(28)18(10-14(2)3)26-21(29)15(4)11-17(24-26)7-9-25-12-16(22)13-25/h11,14,16,18H,5-10,12-13H2,1-4H3,(H,23,28). The van der Waals surface area contributed by atoms with Crippen molar-refractivity contribution in [1.82, 2.24) is 20.0 Å². The number of aromatic nitrogens is 2. The number of hydrogen-bond donors (Lipinski definition) is 1. The van der Waals surface area contributed by atoms with Crippen LogP contribution in [-0.4, -0.2) is 65.5 Å². The Labute approximate surface area is 176 Å². The van der Waals surface area contributed by atoms with Gasteiger partial charge in [-0.3, -0.25) is 19.3 Å². The Morgan fingerprint density at radius 3 is 2.67 bits per heavy atom. The molecule has 1 atom stereocenters. The second-order valence-electron chi connectivity index (χ2n) is 8.17. The molecule has 1 aromatic rings. The third kappa shape index (κ3) is 6.90. The Balaban J connectivity index is 2.13. The van der Waals surface area contributed by atoms with Gasteiger partial charge >= 0.3 is 5.97 Å². The van der Waals surface area contributed by atoms with Crippen molar-refractivity contribution in [2.75, 3.05) is 32.8 Å². The first-order valence-electron chi connectivity index (χ1n) is 10.6. The highest BCUT2D eigenvalue weighted by Crippen LogP contribution is 2.17. The topological polar surface area (TPSA) is 93.5 Å². The molecular formula is C21H33FN4O4. The summed E-state index contributed by atoms with van der Waals surface area (Å²) >= 11 is 0. The van der Waals surface area contributed by atoms with Crippen LogP contribution in [0.3, 0.4) is 0 Å². The minimum absolute atomic E-state index is 0.0702. The van der Waals surface area contributed by atoms with Crippen LogP contribution >= 0.6 is 0 Å². The normalized spacial score (nSPS) is 15.7. The smallest absolute Gasteiger partial charge is 0.307 e. The van der Waals surface area contributed by atoms with Crippen LogP contribution in [0.5, 0.6) is 0 Å². The average Bonchev–Trinajstić information content (AvgIpc) is 2.65. The molecule has 30 heavy (non-hydrogen) atoms. The number of hydrogen-bond acceptors (Lipinski definition) is 6. The van der Waals surface area contributed by atoms with E-state index < -0.39 is 12.2 Å². The predicted octanol–water partition coefficient (Wildman–Crippen LogP) is 1.40. The number of rotatable bonds is 11. The number of carbonyl (C=O) groups excluding carboxylic acids is 2. The number of nitrogens with one attached hydrogen (secondary N) is 1. The van der Waals surface area contributed by atoms with E-state index in [1.807, 2.05) is 18.7 Å². The maximum atomic E-state index is 13.0. The van der Waals surface area contributed by atoms with Gasteiger partial charge < -0.3 is 10.1 Å². The molecule has 0 aromatic carbocycles. The molecule has 1 fully saturated rings. The van der Waals surface area contributed by atoms with Gasteiger partial charge in [-0.05, 0) is 32.3 Å². The van der Waals surface area contributed by atoms with Crippen molar-refractivity contribution in [2.45, 2.75) is 59.2 Å². The molecule has 9 heteroatoms. The van der Waals surface area contributed by atoms with Gasteiger partial charge in [0, 0.05) is 38.2 Å². The van der Waals surface area contributed by atoms with E-state index in [1.165, 1.54) is 4.68 Å². The second kappa shape index (κ2) is 11.2. The van der Waals surface area contributed by atoms with E-state index in [9.17, 15) is 18.8 Å². The van der Waals surface area contributed by atoms with Gasteiger partial charge in [-0.15, -0.1) is 0 Å². The van der Waals surface area contributed by atoms with Crippen LogP contribution in [0.1, 0.15) is 50.9 Å². The van der Waals surface area contributed by atoms with Gasteiger partial charge in [0.2, 0.25) is 5.91 Å². The maximum absolute atomic E-state index is 13.0. The van der Waals surface area contributed by atoms with Crippen LogP contribution in [0.25, 0.3) is 0 Å². The first kappa shape index (κ1) is 24.0. The van der Waals surface area contributed by atoms with Crippen molar-refractivity contribution in [1.29, 1.82) is 0 Å². The summed E-state index contributed by atoms with van der Waals surface area (Å²) in [6, 6.07) is 0.967. The number of ether oxygens (including phenoxy) is 1. The van der Waals surface area contributed by atoms with Gasteiger partial charge in [-0.25, -0.2) is 9.07 Å². The summed E-state index contributed by atoms with van der Waals surface area (Å²) in [6.07, 6.45) is 0.326. The van der Waals surface area contributed by atoms with Crippen molar-refractivity contribution in [3.8, 4) is 0 Å². The Morgan fingerprint density at radius 1 is 1.37 bits per heavy atom. The van der Waals surface area contributed by atoms with Gasteiger partial charge in [0.25, 0.3) is 5.56 Å². The zero-order valence-corrected chi connectivity index (χ0v) is 18.3. The van der Waals surface area contributed by atoms with Crippen molar-refractivity contribution in [2.24, 2.45) is 5.92 Å². The predicted molar refractivity (Wildman–Crippen MR) is 111 cm³/mol. The van der Waals surface area contributed by atoms with Gasteiger partial charge in [0.05, 0.1) is 18.7 Å². The van der Waals surface area contributed by atoms with E-state index in [1.54, 1.807) is 19.9 Å². The highest BCUT2D eigenvalue weighted by Gasteiger charge is 2.27. The minimum Gasteiger partial charge on any atom is -0.466 e. The first-order chi connectivity index (χ1) is 14.2. The average molecular weight is 425 g/mol. The van der Waals surface area contributed by atoms with Crippen LogP contribution in [0.2, 0.25) is 0 Å². The van der Waals surface area contributed by atoms with Gasteiger partial charge in [-0.1, -0.05) is 13.8 Å². The van der Waals surface area contributed by atoms with Crippen LogP contribution in [-0.2, 0) is 20.7 Å². The quantitative estimate of drug-likeness (QED) is 0.540. The Kier molecular flexibility index (Phi) is 8.95. The summed E-state index contributed by atoms with van der Waals surface area (Å²) < 4.78 is 19.1. The summed E-state index contributed by atoms with van der Waals surface area (Å²) in [7, 11) is 0. The van der Waals surface area contributed by atoms with Crippen molar-refractivity contribution in [3.05, 3.63) is 27.7 Å². The minimum atomic E-state index is -0.766. The fraction of sp³-hybridized carbons (Fsp3) is 0.714. The lowest BCUT2D eigenvalue weighted by Gasteiger charge is -2.34. The molecule has 1 N–H and O–H groups in total. The lowest BCUT2D eigenvalue weighted by atomic mass is 10.0. The monoisotopic (exact) mass is 424 g/mol. The molecule has 1 aliphatic rings. The molecule has 1 saturated heterocycles. The van der Waals surface area contributed by atoms with E-state index in [0.29, 0.717) is 43.7 Å². The molecule has 0 aliphatic carbocycles. The van der Waals surface area contributed by atoms with Gasteiger partial charge in [-0.2, -0.15) is 5.10 Å². The fourth-order valence-electron chi connectivity index (χ4n) is 3.40. The van der Waals surface area contributed by atoms with Crippen LogP contribution < -0.4 is 10.9 Å². The Morgan fingerprint density at radius 2 is 2.07 bits per heavy atom. The van der Waals surface area contributed by atoms with E-state index in [2.05, 4.69) is 10.4 Å². The largest absolute Gasteiger partial charge is 0.466 e. The molecule has 1 amide bonds. The summed E-state index contributed by atoms with van der Waals surface area (Å²) in [6.45, 7) is 9.31. The van der Waals surface area contributed by atoms with Crippen molar-refractivity contribution in [3.63, 3.8) is 0 Å². The zero-order valence-electron chi connectivity index (χ0n) is 18.3. The maximum Gasteiger partial charge on any atom is 0.307 e. The third-order valence-corrected chi connectivity index (χ3v) is 4.99. The SMILES string of the molecule is CCOC(=O)CCNC(=O)C(CC(C)C)n1nc(CCN2CC(F)C2)cc(C)c1=O. The summed E-state index contributed by atoms with van der Waals surface area (Å²) in [5.74, 6) is -0.568. The zero-order chi connectivity index (χ0) is 22.3. The van der Waals surface area contributed by atoms with Gasteiger partial charge in [0.15, 0.2) is 0 Å². The summed E-state index contributed by atoms with van der Waals surface area (Å²) in [5, 5.41) is 7.19. The van der Waals surface area contributed by atoms with Crippen LogP contribution in [0, 0.1) is 12.8 Å². The number of likely N-dealkylation sites (tertiary alicyclic amines) is 1. The number of halogens is 1. The highest BCUT2D eigenvalue weighted by molar-refractivity contribution is 5.80. The van der Waals surface area contributed by atoms with Crippen LogP contribution in [0.4, 0.5) is 4.39 Å². The number of alkyl halides is 1. The van der Waals surface area contributed by atoms with Crippen LogP contribution in [0.15, 0.2) is 10.9 Å². The molecule has 0 spiro atoms. The van der Waals surface area contributed by atoms with E-state index in [4.69, 9.17) is 4.74 Å². The Hall–Kier alpha value is -2.29. The van der Waals surface area contributed by atoms with E-state index >= 15 is 0 Å². The lowest BCUT2D eigenvalue weighted by Crippen LogP contribution is -2.49. The number of aryl methyl sites for hydroxylation is 1. The highest BCUT2D eigenvalue weighted by atomic mass is 19.1. The molecule has 0 bridgehead atoms. The molecule has 1 unspecified atom stereocenters. The molecular weight excluding hydrogens is 391 g/mol. The Bertz CT molecular complexity index is 790. The molecule has 1 aliphatic heterocycles.